The molecule has 0 aliphatic heterocycles. The lowest BCUT2D eigenvalue weighted by atomic mass is 10.1. The highest BCUT2D eigenvalue weighted by Gasteiger charge is 2.30. The summed E-state index contributed by atoms with van der Waals surface area (Å²) in [6.45, 7) is 4.49. The molecule has 17 nitrogen and oxygen atoms in total. The van der Waals surface area contributed by atoms with Crippen molar-refractivity contribution >= 4 is 39.5 Å². The lowest BCUT2D eigenvalue weighted by Crippen LogP contribution is -2.30. The Morgan fingerprint density at radius 2 is 0.500 bits per heavy atom. The van der Waals surface area contributed by atoms with Gasteiger partial charge in [0.15, 0.2) is 12.2 Å². The SMILES string of the molecule is CC/C=C\C/C=C\C/C=C\C/C=C\CCCCCCC(=O)OCC(COP(=O)(O)OCC(O)COP(=O)(O)OCC(COC(=O)CCCCCCC/C=C\C/C=C\C/C=C\CC)OC(=O)CCCCCCC/C=C\CCCCCCCC)OC(=O)CCCCCCCCC/C=C\C/C=C\C/C=C\CC. The van der Waals surface area contributed by atoms with E-state index in [1.807, 2.05) is 0 Å². The van der Waals surface area contributed by atoms with Gasteiger partial charge in [0, 0.05) is 25.7 Å². The fraction of sp³-hybridized carbons (Fsp3) is 0.694. The average Bonchev–Trinajstić information content (AvgIpc) is 0.926. The Bertz CT molecular complexity index is 2490. The molecule has 0 aromatic rings. The Morgan fingerprint density at radius 3 is 0.779 bits per heavy atom. The fourth-order valence-electron chi connectivity index (χ4n) is 10.5. The van der Waals surface area contributed by atoms with E-state index in [9.17, 15) is 43.2 Å². The van der Waals surface area contributed by atoms with Gasteiger partial charge in [-0.2, -0.15) is 0 Å². The van der Waals surface area contributed by atoms with Crippen LogP contribution >= 0.6 is 15.6 Å². The average molecular weight is 1500 g/mol. The third-order valence-electron chi connectivity index (χ3n) is 16.6. The highest BCUT2D eigenvalue weighted by molar-refractivity contribution is 7.47. The molecule has 0 aliphatic rings. The van der Waals surface area contributed by atoms with Crippen LogP contribution in [0.15, 0.2) is 134 Å². The fourth-order valence-corrected chi connectivity index (χ4v) is 12.1. The maximum Gasteiger partial charge on any atom is 0.472 e. The molecule has 596 valence electrons. The van der Waals surface area contributed by atoms with Crippen LogP contribution in [0, 0.1) is 0 Å². The summed E-state index contributed by atoms with van der Waals surface area (Å²) in [6.07, 6.45) is 85.6. The molecular formula is C85H144O17P2. The van der Waals surface area contributed by atoms with Gasteiger partial charge < -0.3 is 33.8 Å². The van der Waals surface area contributed by atoms with Crippen molar-refractivity contribution in [2.75, 3.05) is 39.6 Å². The zero-order valence-corrected chi connectivity index (χ0v) is 66.9. The van der Waals surface area contributed by atoms with Gasteiger partial charge in [0.05, 0.1) is 26.4 Å². The third-order valence-corrected chi connectivity index (χ3v) is 18.5. The Morgan fingerprint density at radius 1 is 0.279 bits per heavy atom. The summed E-state index contributed by atoms with van der Waals surface area (Å²) in [6, 6.07) is 0. The van der Waals surface area contributed by atoms with Crippen LogP contribution in [0.1, 0.15) is 323 Å². The van der Waals surface area contributed by atoms with Crippen molar-refractivity contribution in [1.29, 1.82) is 0 Å². The van der Waals surface area contributed by atoms with Gasteiger partial charge in [-0.15, -0.1) is 0 Å². The smallest absolute Gasteiger partial charge is 0.462 e. The quantitative estimate of drug-likeness (QED) is 0.0169. The van der Waals surface area contributed by atoms with E-state index in [0.29, 0.717) is 25.7 Å². The maximum atomic E-state index is 13.1. The highest BCUT2D eigenvalue weighted by Crippen LogP contribution is 2.45. The second-order valence-corrected chi connectivity index (χ2v) is 29.5. The Hall–Kier alpha value is -4.80. The highest BCUT2D eigenvalue weighted by atomic mass is 31.2. The molecule has 0 aromatic heterocycles. The summed E-state index contributed by atoms with van der Waals surface area (Å²) in [4.78, 5) is 73.1. The van der Waals surface area contributed by atoms with Crippen molar-refractivity contribution < 1.29 is 80.2 Å². The minimum atomic E-state index is -4.99. The maximum absolute atomic E-state index is 13.1. The van der Waals surface area contributed by atoms with E-state index in [0.717, 1.165) is 205 Å². The molecule has 0 bridgehead atoms. The molecular weight excluding hydrogens is 1350 g/mol. The molecule has 19 heteroatoms. The van der Waals surface area contributed by atoms with Crippen LogP contribution in [0.4, 0.5) is 0 Å². The van der Waals surface area contributed by atoms with Gasteiger partial charge in [0.2, 0.25) is 0 Å². The predicted molar refractivity (Wildman–Crippen MR) is 427 cm³/mol. The zero-order valence-electron chi connectivity index (χ0n) is 65.2. The van der Waals surface area contributed by atoms with Crippen molar-refractivity contribution in [1.82, 2.24) is 0 Å². The van der Waals surface area contributed by atoms with E-state index in [1.165, 1.54) is 38.5 Å². The molecule has 0 rings (SSSR count). The van der Waals surface area contributed by atoms with Gasteiger partial charge in [-0.1, -0.05) is 277 Å². The summed E-state index contributed by atoms with van der Waals surface area (Å²) in [5, 5.41) is 10.7. The molecule has 0 aliphatic carbocycles. The number of hydrogen-bond acceptors (Lipinski definition) is 15. The standard InChI is InChI=1S/C85H144O17P2/c1-5-9-13-17-21-25-29-33-37-39-43-46-50-54-58-62-66-70-83(88)96-76-81(102-85(90)72-68-64-60-56-52-48-44-40-38-34-30-26-22-18-14-10-6-2)78-100-104(93,94)98-74-79(86)73-97-103(91,92)99-77-80(101-84(89)71-67-63-59-55-51-47-42-36-32-28-24-20-16-12-8-4)75-95-82(87)69-65-61-57-53-49-45-41-35-31-27-23-19-15-11-7-3/h9-11,13-15,21-23,25-27,33-38,41-43,46,79-81,86H,5-8,12,16-20,24,28-32,39-40,44-45,47-78H2,1-4H3,(H,91,92)(H,93,94)/b13-9-,14-10-,15-11-,25-21-,26-22-,27-23-,37-33-,38-34-,41-35-,42-36-,46-43-. The van der Waals surface area contributed by atoms with Crippen molar-refractivity contribution in [2.24, 2.45) is 0 Å². The van der Waals surface area contributed by atoms with E-state index in [1.54, 1.807) is 0 Å². The van der Waals surface area contributed by atoms with Crippen molar-refractivity contribution in [2.45, 2.75) is 341 Å². The second-order valence-electron chi connectivity index (χ2n) is 26.6. The summed E-state index contributed by atoms with van der Waals surface area (Å²) >= 11 is 0. The number of carbonyl (C=O) groups excluding carboxylic acids is 4. The summed E-state index contributed by atoms with van der Waals surface area (Å²) in [7, 11) is -9.98. The molecule has 0 amide bonds. The first-order chi connectivity index (χ1) is 50.7. The topological polar surface area (TPSA) is 237 Å². The molecule has 0 fully saturated rings. The van der Waals surface area contributed by atoms with E-state index >= 15 is 0 Å². The molecule has 0 radical (unpaired) electrons. The summed E-state index contributed by atoms with van der Waals surface area (Å²) in [5.41, 5.74) is 0. The van der Waals surface area contributed by atoms with Crippen LogP contribution in [0.25, 0.3) is 0 Å². The molecule has 0 spiro atoms. The zero-order chi connectivity index (χ0) is 76.0. The second kappa shape index (κ2) is 76.4. The molecule has 0 saturated heterocycles. The number of ether oxygens (including phenoxy) is 4. The van der Waals surface area contributed by atoms with Crippen LogP contribution in [0.2, 0.25) is 0 Å². The summed E-state index contributed by atoms with van der Waals surface area (Å²) in [5.74, 6) is -2.24. The first kappa shape index (κ1) is 99.2. The van der Waals surface area contributed by atoms with Crippen LogP contribution < -0.4 is 0 Å². The normalized spacial score (nSPS) is 14.6. The van der Waals surface area contributed by atoms with Crippen LogP contribution in [0.3, 0.4) is 0 Å². The summed E-state index contributed by atoms with van der Waals surface area (Å²) < 4.78 is 68.6. The first-order valence-electron chi connectivity index (χ1n) is 40.4. The first-order valence-corrected chi connectivity index (χ1v) is 43.4. The van der Waals surface area contributed by atoms with Crippen molar-refractivity contribution in [3.8, 4) is 0 Å². The Labute approximate surface area is 631 Å². The number of phosphoric acid groups is 2. The minimum absolute atomic E-state index is 0.0745. The van der Waals surface area contributed by atoms with Gasteiger partial charge in [-0.3, -0.25) is 37.3 Å². The minimum Gasteiger partial charge on any atom is -0.462 e. The van der Waals surface area contributed by atoms with Gasteiger partial charge in [-0.05, 0) is 154 Å². The lowest BCUT2D eigenvalue weighted by molar-refractivity contribution is -0.161. The molecule has 104 heavy (non-hydrogen) atoms. The number of hydrogen-bond donors (Lipinski definition) is 3. The molecule has 5 atom stereocenters. The van der Waals surface area contributed by atoms with E-state index in [4.69, 9.17) is 37.0 Å². The number of allylic oxidation sites excluding steroid dienone is 22. The Balaban J connectivity index is 5.42. The number of phosphoric ester groups is 2. The van der Waals surface area contributed by atoms with Crippen LogP contribution in [0.5, 0.6) is 0 Å². The molecule has 0 aromatic carbocycles. The van der Waals surface area contributed by atoms with Gasteiger partial charge in [0.25, 0.3) is 0 Å². The number of esters is 4. The van der Waals surface area contributed by atoms with E-state index in [-0.39, 0.29) is 25.7 Å². The van der Waals surface area contributed by atoms with Crippen molar-refractivity contribution in [3.05, 3.63) is 134 Å². The van der Waals surface area contributed by atoms with E-state index < -0.39 is 97.5 Å². The number of carbonyl (C=O) groups is 4. The number of rotatable bonds is 75. The van der Waals surface area contributed by atoms with Crippen molar-refractivity contribution in [3.63, 3.8) is 0 Å². The lowest BCUT2D eigenvalue weighted by Gasteiger charge is -2.21. The van der Waals surface area contributed by atoms with Crippen LogP contribution in [-0.4, -0.2) is 96.7 Å². The molecule has 0 saturated carbocycles. The van der Waals surface area contributed by atoms with E-state index in [2.05, 4.69) is 161 Å². The Kier molecular flexibility index (Phi) is 72.9. The number of unbranched alkanes of at least 4 members (excludes halogenated alkanes) is 27. The third kappa shape index (κ3) is 75.4. The predicted octanol–water partition coefficient (Wildman–Crippen LogP) is 23.7. The number of aliphatic hydroxyl groups is 1. The molecule has 0 heterocycles. The van der Waals surface area contributed by atoms with Gasteiger partial charge >= 0.3 is 39.5 Å². The molecule has 3 N–H and O–H groups in total. The van der Waals surface area contributed by atoms with Gasteiger partial charge in [0.1, 0.15) is 19.3 Å². The monoisotopic (exact) mass is 1500 g/mol. The van der Waals surface area contributed by atoms with Crippen LogP contribution in [-0.2, 0) is 65.4 Å². The largest absolute Gasteiger partial charge is 0.472 e. The molecule has 5 unspecified atom stereocenters. The van der Waals surface area contributed by atoms with Gasteiger partial charge in [-0.25, -0.2) is 9.13 Å². The number of aliphatic hydroxyl groups excluding tert-OH is 1.